The lowest BCUT2D eigenvalue weighted by Gasteiger charge is -2.14. The quantitative estimate of drug-likeness (QED) is 0.394. The van der Waals surface area contributed by atoms with Crippen molar-refractivity contribution in [2.24, 2.45) is 21.5 Å². The first-order chi connectivity index (χ1) is 5.65. The minimum absolute atomic E-state index is 0.0404. The Bertz CT molecular complexity index is 314. The number of hydrogen-bond acceptors (Lipinski definition) is 7. The molecule has 0 aromatic rings. The topological polar surface area (TPSA) is 110 Å². The molecule has 0 amide bonds. The van der Waals surface area contributed by atoms with Crippen LogP contribution in [0.1, 0.15) is 0 Å². The summed E-state index contributed by atoms with van der Waals surface area (Å²) in [4.78, 5) is 7.40. The predicted molar refractivity (Wildman–Crippen MR) is 46.3 cm³/mol. The molecular formula is C5H5N5OS. The molecule has 0 fully saturated rings. The number of amidine groups is 1. The second-order valence-electron chi connectivity index (χ2n) is 1.91. The largest absolute Gasteiger partial charge is 0.394 e. The number of thiocarbonyl (C=S) groups is 1. The van der Waals surface area contributed by atoms with E-state index in [0.29, 0.717) is 0 Å². The summed E-state index contributed by atoms with van der Waals surface area (Å²) in [5.41, 5.74) is 10.6. The first-order valence-corrected chi connectivity index (χ1v) is 3.32. The van der Waals surface area contributed by atoms with Gasteiger partial charge >= 0.3 is 0 Å². The molecule has 1 heterocycles. The van der Waals surface area contributed by atoms with Gasteiger partial charge < -0.3 is 16.2 Å². The molecule has 0 unspecified atom stereocenters. The van der Waals surface area contributed by atoms with E-state index in [0.717, 1.165) is 0 Å². The van der Waals surface area contributed by atoms with E-state index in [4.69, 9.17) is 28.9 Å². The van der Waals surface area contributed by atoms with Crippen LogP contribution in [0.5, 0.6) is 0 Å². The van der Waals surface area contributed by atoms with Crippen LogP contribution in [0.15, 0.2) is 9.98 Å². The van der Waals surface area contributed by atoms with E-state index in [1.165, 1.54) is 6.26 Å². The van der Waals surface area contributed by atoms with Crippen LogP contribution in [0.25, 0.3) is 0 Å². The Morgan fingerprint density at radius 1 is 1.58 bits per heavy atom. The Balaban J connectivity index is 2.88. The number of hydrogen-bond donors (Lipinski definition) is 2. The van der Waals surface area contributed by atoms with Crippen LogP contribution in [0.2, 0.25) is 0 Å². The highest BCUT2D eigenvalue weighted by Gasteiger charge is 2.22. The van der Waals surface area contributed by atoms with Crippen molar-refractivity contribution in [3.8, 4) is 6.26 Å². The van der Waals surface area contributed by atoms with Crippen LogP contribution in [-0.2, 0) is 4.74 Å². The number of rotatable bonds is 1. The molecule has 62 valence electrons. The first kappa shape index (κ1) is 8.42. The smallest absolute Gasteiger partial charge is 0.288 e. The highest BCUT2D eigenvalue weighted by molar-refractivity contribution is 7.82. The van der Waals surface area contributed by atoms with Crippen LogP contribution >= 0.6 is 12.2 Å². The maximum atomic E-state index is 8.19. The molecule has 0 saturated carbocycles. The summed E-state index contributed by atoms with van der Waals surface area (Å²) in [7, 11) is 0. The van der Waals surface area contributed by atoms with E-state index in [1.54, 1.807) is 0 Å². The first-order valence-electron chi connectivity index (χ1n) is 2.91. The number of nitrogens with two attached hydrogens (primary N) is 2. The van der Waals surface area contributed by atoms with Gasteiger partial charge in [0.2, 0.25) is 12.2 Å². The second-order valence-corrected chi connectivity index (χ2v) is 2.35. The zero-order valence-electron chi connectivity index (χ0n) is 5.89. The van der Waals surface area contributed by atoms with Gasteiger partial charge in [-0.15, -0.1) is 0 Å². The highest BCUT2D eigenvalue weighted by atomic mass is 32.1. The van der Waals surface area contributed by atoms with Gasteiger partial charge in [-0.2, -0.15) is 10.3 Å². The number of guanidine groups is 1. The highest BCUT2D eigenvalue weighted by Crippen LogP contribution is 2.03. The van der Waals surface area contributed by atoms with Gasteiger partial charge in [-0.1, -0.05) is 12.2 Å². The average molecular weight is 183 g/mol. The van der Waals surface area contributed by atoms with Crippen molar-refractivity contribution in [1.29, 1.82) is 5.26 Å². The van der Waals surface area contributed by atoms with E-state index < -0.39 is 6.23 Å². The van der Waals surface area contributed by atoms with Gasteiger partial charge in [0, 0.05) is 0 Å². The molecule has 6 nitrogen and oxygen atoms in total. The third-order valence-electron chi connectivity index (χ3n) is 1.13. The van der Waals surface area contributed by atoms with Crippen molar-refractivity contribution in [3.05, 3.63) is 0 Å². The Kier molecular flexibility index (Phi) is 2.21. The zero-order chi connectivity index (χ0) is 9.14. The molecule has 0 saturated heterocycles. The Morgan fingerprint density at radius 3 is 2.83 bits per heavy atom. The molecule has 0 bridgehead atoms. The van der Waals surface area contributed by atoms with Gasteiger partial charge in [0.25, 0.3) is 6.26 Å². The van der Waals surface area contributed by atoms with E-state index in [-0.39, 0.29) is 16.7 Å². The number of nitriles is 1. The molecule has 0 aliphatic carbocycles. The monoisotopic (exact) mass is 183 g/mol. The summed E-state index contributed by atoms with van der Waals surface area (Å²) in [5.74, 6) is 0.0269. The number of aliphatic imine (C=N–C) groups is 2. The molecular weight excluding hydrogens is 178 g/mol. The van der Waals surface area contributed by atoms with Gasteiger partial charge in [-0.05, 0) is 0 Å². The van der Waals surface area contributed by atoms with Crippen LogP contribution in [0.3, 0.4) is 0 Å². The summed E-state index contributed by atoms with van der Waals surface area (Å²) in [6, 6.07) is 0. The normalized spacial score (nSPS) is 22.2. The van der Waals surface area contributed by atoms with Crippen molar-refractivity contribution in [1.82, 2.24) is 0 Å². The van der Waals surface area contributed by atoms with Crippen molar-refractivity contribution < 1.29 is 4.74 Å². The lowest BCUT2D eigenvalue weighted by atomic mass is 10.3. The van der Waals surface area contributed by atoms with Crippen LogP contribution in [0, 0.1) is 11.5 Å². The molecule has 4 N–H and O–H groups in total. The molecule has 1 aliphatic rings. The summed E-state index contributed by atoms with van der Waals surface area (Å²) in [6.07, 6.45) is 0.548. The average Bonchev–Trinajstić information content (AvgIpc) is 2.00. The fourth-order valence-electron chi connectivity index (χ4n) is 0.642. The lowest BCUT2D eigenvalue weighted by Crippen LogP contribution is -2.39. The Morgan fingerprint density at radius 2 is 2.25 bits per heavy atom. The van der Waals surface area contributed by atoms with Gasteiger partial charge in [0.05, 0.1) is 0 Å². The Labute approximate surface area is 73.5 Å². The molecule has 12 heavy (non-hydrogen) atoms. The summed E-state index contributed by atoms with van der Waals surface area (Å²) in [6.45, 7) is 0. The molecule has 0 spiro atoms. The molecule has 1 rings (SSSR count). The van der Waals surface area contributed by atoms with E-state index >= 15 is 0 Å². The second kappa shape index (κ2) is 3.15. The number of nitrogens with zero attached hydrogens (tertiary/aromatic N) is 3. The maximum Gasteiger partial charge on any atom is 0.288 e. The van der Waals surface area contributed by atoms with Gasteiger partial charge in [-0.25, -0.2) is 4.99 Å². The van der Waals surface area contributed by atoms with Gasteiger partial charge in [0.15, 0.2) is 0 Å². The van der Waals surface area contributed by atoms with E-state index in [2.05, 4.69) is 14.7 Å². The van der Waals surface area contributed by atoms with Crippen molar-refractivity contribution >= 4 is 28.9 Å². The zero-order valence-corrected chi connectivity index (χ0v) is 6.71. The molecule has 0 radical (unpaired) electrons. The van der Waals surface area contributed by atoms with Crippen LogP contribution < -0.4 is 11.5 Å². The lowest BCUT2D eigenvalue weighted by molar-refractivity contribution is 0.234. The third-order valence-corrected chi connectivity index (χ3v) is 1.54. The fraction of sp³-hybridized carbons (Fsp3) is 0.200. The molecule has 1 atom stereocenters. The van der Waals surface area contributed by atoms with Crippen LogP contribution in [-0.4, -0.2) is 22.9 Å². The minimum atomic E-state index is -0.900. The molecule has 7 heteroatoms. The summed E-state index contributed by atoms with van der Waals surface area (Å²) < 4.78 is 4.47. The predicted octanol–water partition coefficient (Wildman–Crippen LogP) is -1.13. The molecule has 0 aromatic carbocycles. The standard InChI is InChI=1S/C5H5N5OS/c6-1-11-4-2(12)3(7)9-5(8)10-4/h4H,(H4,7,8,9,10)/t4-/m0/s1. The van der Waals surface area contributed by atoms with Crippen LogP contribution in [0.4, 0.5) is 0 Å². The third kappa shape index (κ3) is 1.49. The van der Waals surface area contributed by atoms with Gasteiger partial charge in [0.1, 0.15) is 10.7 Å². The van der Waals surface area contributed by atoms with Gasteiger partial charge in [-0.3, -0.25) is 0 Å². The fourth-order valence-corrected chi connectivity index (χ4v) is 0.789. The minimum Gasteiger partial charge on any atom is -0.394 e. The van der Waals surface area contributed by atoms with Crippen molar-refractivity contribution in [2.45, 2.75) is 6.23 Å². The Hall–Kier alpha value is -1.68. The summed E-state index contributed by atoms with van der Waals surface area (Å²) in [5, 5.41) is 8.19. The van der Waals surface area contributed by atoms with Crippen molar-refractivity contribution in [2.75, 3.05) is 0 Å². The maximum absolute atomic E-state index is 8.19. The number of ether oxygens (including phenoxy) is 1. The molecule has 0 aromatic heterocycles. The molecule has 1 aliphatic heterocycles. The van der Waals surface area contributed by atoms with E-state index in [1.807, 2.05) is 0 Å². The SMILES string of the molecule is N#CO[C@@H]1N=C(N)N=C(N)C1=S. The van der Waals surface area contributed by atoms with E-state index in [9.17, 15) is 0 Å². The summed E-state index contributed by atoms with van der Waals surface area (Å²) >= 11 is 4.77. The van der Waals surface area contributed by atoms with Crippen molar-refractivity contribution in [3.63, 3.8) is 0 Å².